The van der Waals surface area contributed by atoms with Crippen molar-refractivity contribution in [1.82, 2.24) is 0 Å². The van der Waals surface area contributed by atoms with E-state index in [4.69, 9.17) is 11.6 Å². The highest BCUT2D eigenvalue weighted by atomic mass is 79.9. The van der Waals surface area contributed by atoms with Crippen LogP contribution in [0.4, 0.5) is 0 Å². The topological polar surface area (TPSA) is 17.1 Å². The van der Waals surface area contributed by atoms with Gasteiger partial charge in [-0.25, -0.2) is 0 Å². The van der Waals surface area contributed by atoms with Crippen molar-refractivity contribution >= 4 is 39.4 Å². The standard InChI is InChI=1S/C11H10BrClO/c1-7(8(2)14)5-9-3-4-10(12)6-11(9)13/h3-6H,1-2H3/b7-5+. The third-order valence-electron chi connectivity index (χ3n) is 1.89. The van der Waals surface area contributed by atoms with Gasteiger partial charge in [-0.2, -0.15) is 0 Å². The van der Waals surface area contributed by atoms with E-state index in [0.29, 0.717) is 10.6 Å². The molecular weight excluding hydrogens is 263 g/mol. The van der Waals surface area contributed by atoms with Crippen molar-refractivity contribution < 1.29 is 4.79 Å². The Morgan fingerprint density at radius 2 is 2.07 bits per heavy atom. The lowest BCUT2D eigenvalue weighted by molar-refractivity contribution is -0.113. The zero-order chi connectivity index (χ0) is 10.7. The number of allylic oxidation sites excluding steroid dienone is 1. The Labute approximate surface area is 96.9 Å². The molecule has 0 aliphatic rings. The van der Waals surface area contributed by atoms with Crippen LogP contribution in [0.5, 0.6) is 0 Å². The molecule has 1 aromatic carbocycles. The van der Waals surface area contributed by atoms with E-state index in [1.807, 2.05) is 12.1 Å². The second-order valence-electron chi connectivity index (χ2n) is 3.05. The van der Waals surface area contributed by atoms with Gasteiger partial charge in [0.2, 0.25) is 0 Å². The summed E-state index contributed by atoms with van der Waals surface area (Å²) in [6.07, 6.45) is 1.79. The van der Waals surface area contributed by atoms with Gasteiger partial charge in [0.05, 0.1) is 0 Å². The highest BCUT2D eigenvalue weighted by molar-refractivity contribution is 9.10. The quantitative estimate of drug-likeness (QED) is 0.742. The Hall–Kier alpha value is -0.600. The molecule has 0 heterocycles. The Morgan fingerprint density at radius 1 is 1.43 bits per heavy atom. The van der Waals surface area contributed by atoms with Crippen molar-refractivity contribution in [3.63, 3.8) is 0 Å². The molecular formula is C11H10BrClO. The lowest BCUT2D eigenvalue weighted by Crippen LogP contribution is -1.90. The van der Waals surface area contributed by atoms with Crippen molar-refractivity contribution in [3.8, 4) is 0 Å². The van der Waals surface area contributed by atoms with Crippen LogP contribution in [-0.2, 0) is 4.79 Å². The Balaban J connectivity index is 3.09. The summed E-state index contributed by atoms with van der Waals surface area (Å²) in [6, 6.07) is 5.57. The van der Waals surface area contributed by atoms with Gasteiger partial charge in [0.15, 0.2) is 5.78 Å². The molecule has 1 nitrogen and oxygen atoms in total. The monoisotopic (exact) mass is 272 g/mol. The Kier molecular flexibility index (Phi) is 3.90. The number of benzene rings is 1. The van der Waals surface area contributed by atoms with Crippen LogP contribution in [0, 0.1) is 0 Å². The van der Waals surface area contributed by atoms with Gasteiger partial charge in [0, 0.05) is 9.50 Å². The molecule has 74 valence electrons. The summed E-state index contributed by atoms with van der Waals surface area (Å²) in [5, 5.41) is 0.639. The van der Waals surface area contributed by atoms with Crippen molar-refractivity contribution in [2.24, 2.45) is 0 Å². The molecule has 0 bridgehead atoms. The lowest BCUT2D eigenvalue weighted by Gasteiger charge is -2.00. The molecule has 0 aromatic heterocycles. The molecule has 0 saturated heterocycles. The summed E-state index contributed by atoms with van der Waals surface area (Å²) in [6.45, 7) is 3.32. The summed E-state index contributed by atoms with van der Waals surface area (Å²) < 4.78 is 0.931. The number of halogens is 2. The predicted octanol–water partition coefficient (Wildman–Crippen LogP) is 4.09. The average molecular weight is 274 g/mol. The minimum Gasteiger partial charge on any atom is -0.295 e. The van der Waals surface area contributed by atoms with Crippen molar-refractivity contribution in [2.75, 3.05) is 0 Å². The highest BCUT2D eigenvalue weighted by Gasteiger charge is 2.01. The molecule has 0 amide bonds. The van der Waals surface area contributed by atoms with Crippen LogP contribution in [0.2, 0.25) is 5.02 Å². The highest BCUT2D eigenvalue weighted by Crippen LogP contribution is 2.23. The molecule has 0 fully saturated rings. The Morgan fingerprint density at radius 3 is 2.57 bits per heavy atom. The maximum absolute atomic E-state index is 11.0. The normalized spacial score (nSPS) is 11.6. The van der Waals surface area contributed by atoms with E-state index in [-0.39, 0.29) is 5.78 Å². The van der Waals surface area contributed by atoms with Crippen LogP contribution in [0.3, 0.4) is 0 Å². The first-order valence-corrected chi connectivity index (χ1v) is 5.32. The third-order valence-corrected chi connectivity index (χ3v) is 2.71. The van der Waals surface area contributed by atoms with Gasteiger partial charge in [-0.05, 0) is 43.2 Å². The van der Waals surface area contributed by atoms with Crippen LogP contribution in [-0.4, -0.2) is 5.78 Å². The van der Waals surface area contributed by atoms with Gasteiger partial charge < -0.3 is 0 Å². The number of ketones is 1. The number of Topliss-reactive ketones (excluding diaryl/α,β-unsaturated/α-hetero) is 1. The molecule has 1 aromatic rings. The molecule has 0 radical (unpaired) electrons. The maximum Gasteiger partial charge on any atom is 0.155 e. The number of hydrogen-bond acceptors (Lipinski definition) is 1. The van der Waals surface area contributed by atoms with E-state index >= 15 is 0 Å². The average Bonchev–Trinajstić information content (AvgIpc) is 2.09. The molecule has 0 spiro atoms. The van der Waals surface area contributed by atoms with Crippen molar-refractivity contribution in [1.29, 1.82) is 0 Å². The van der Waals surface area contributed by atoms with E-state index in [9.17, 15) is 4.79 Å². The molecule has 14 heavy (non-hydrogen) atoms. The summed E-state index contributed by atoms with van der Waals surface area (Å²) in [5.74, 6) is 0.0592. The smallest absolute Gasteiger partial charge is 0.155 e. The minimum atomic E-state index is 0.0592. The van der Waals surface area contributed by atoms with E-state index < -0.39 is 0 Å². The second kappa shape index (κ2) is 4.76. The van der Waals surface area contributed by atoms with E-state index in [1.165, 1.54) is 0 Å². The molecule has 0 N–H and O–H groups in total. The van der Waals surface area contributed by atoms with Crippen LogP contribution < -0.4 is 0 Å². The van der Waals surface area contributed by atoms with Gasteiger partial charge in [-0.15, -0.1) is 0 Å². The fraction of sp³-hybridized carbons (Fsp3) is 0.182. The predicted molar refractivity (Wildman–Crippen MR) is 63.5 cm³/mol. The zero-order valence-corrected chi connectivity index (χ0v) is 10.3. The number of rotatable bonds is 2. The second-order valence-corrected chi connectivity index (χ2v) is 4.37. The fourth-order valence-electron chi connectivity index (χ4n) is 0.953. The van der Waals surface area contributed by atoms with Gasteiger partial charge in [-0.1, -0.05) is 33.6 Å². The molecule has 0 aliphatic carbocycles. The minimum absolute atomic E-state index is 0.0592. The van der Waals surface area contributed by atoms with Gasteiger partial charge in [0.1, 0.15) is 0 Å². The molecule has 0 unspecified atom stereocenters. The molecule has 0 atom stereocenters. The SMILES string of the molecule is CC(=O)/C(C)=C/c1ccc(Br)cc1Cl. The zero-order valence-electron chi connectivity index (χ0n) is 7.97. The summed E-state index contributed by atoms with van der Waals surface area (Å²) in [5.41, 5.74) is 1.57. The summed E-state index contributed by atoms with van der Waals surface area (Å²) in [7, 11) is 0. The first kappa shape index (κ1) is 11.5. The van der Waals surface area contributed by atoms with Crippen LogP contribution >= 0.6 is 27.5 Å². The van der Waals surface area contributed by atoms with Crippen LogP contribution in [0.1, 0.15) is 19.4 Å². The molecule has 1 rings (SSSR count). The lowest BCUT2D eigenvalue weighted by atomic mass is 10.1. The Bertz CT molecular complexity index is 396. The number of carbonyl (C=O) groups excluding carboxylic acids is 1. The summed E-state index contributed by atoms with van der Waals surface area (Å²) >= 11 is 9.31. The van der Waals surface area contributed by atoms with E-state index in [1.54, 1.807) is 26.0 Å². The van der Waals surface area contributed by atoms with Gasteiger partial charge >= 0.3 is 0 Å². The third kappa shape index (κ3) is 2.96. The van der Waals surface area contributed by atoms with Crippen LogP contribution in [0.25, 0.3) is 6.08 Å². The summed E-state index contributed by atoms with van der Waals surface area (Å²) in [4.78, 5) is 11.0. The molecule has 0 saturated carbocycles. The number of carbonyl (C=O) groups is 1. The van der Waals surface area contributed by atoms with Crippen molar-refractivity contribution in [2.45, 2.75) is 13.8 Å². The fourth-order valence-corrected chi connectivity index (χ4v) is 1.68. The largest absolute Gasteiger partial charge is 0.295 e. The molecule has 0 aliphatic heterocycles. The maximum atomic E-state index is 11.0. The number of hydrogen-bond donors (Lipinski definition) is 0. The van der Waals surface area contributed by atoms with Crippen molar-refractivity contribution in [3.05, 3.63) is 38.8 Å². The van der Waals surface area contributed by atoms with Crippen LogP contribution in [0.15, 0.2) is 28.2 Å². The van der Waals surface area contributed by atoms with E-state index in [2.05, 4.69) is 15.9 Å². The van der Waals surface area contributed by atoms with Gasteiger partial charge in [-0.3, -0.25) is 4.79 Å². The first-order chi connectivity index (χ1) is 6.50. The van der Waals surface area contributed by atoms with E-state index in [0.717, 1.165) is 10.0 Å². The first-order valence-electron chi connectivity index (χ1n) is 4.15. The van der Waals surface area contributed by atoms with Gasteiger partial charge in [0.25, 0.3) is 0 Å². The molecule has 3 heteroatoms.